The summed E-state index contributed by atoms with van der Waals surface area (Å²) in [5.41, 5.74) is 4.31. The molecule has 27 heavy (non-hydrogen) atoms. The summed E-state index contributed by atoms with van der Waals surface area (Å²) in [5.74, 6) is 1.54. The van der Waals surface area contributed by atoms with Crippen LogP contribution in [0.4, 0.5) is 0 Å². The second kappa shape index (κ2) is 7.05. The van der Waals surface area contributed by atoms with Gasteiger partial charge in [-0.2, -0.15) is 10.2 Å². The second-order valence-electron chi connectivity index (χ2n) is 6.41. The second-order valence-corrected chi connectivity index (χ2v) is 7.18. The normalized spacial score (nSPS) is 11.0. The molecule has 0 saturated heterocycles. The maximum atomic E-state index is 5.44. The number of nitrogens with zero attached hydrogens (tertiary/aromatic N) is 4. The molecule has 0 atom stereocenters. The monoisotopic (exact) mass is 394 g/mol. The molecule has 2 heterocycles. The van der Waals surface area contributed by atoms with E-state index in [1.54, 1.807) is 0 Å². The van der Waals surface area contributed by atoms with Gasteiger partial charge in [0.25, 0.3) is 0 Å². The molecule has 4 aromatic rings. The lowest BCUT2D eigenvalue weighted by atomic mass is 10.2. The van der Waals surface area contributed by atoms with Gasteiger partial charge in [0.15, 0.2) is 9.54 Å². The molecule has 8 heteroatoms. The summed E-state index contributed by atoms with van der Waals surface area (Å²) < 4.78 is 4.94. The van der Waals surface area contributed by atoms with Crippen LogP contribution in [0.25, 0.3) is 11.4 Å². The van der Waals surface area contributed by atoms with Crippen molar-refractivity contribution in [2.75, 3.05) is 0 Å². The fourth-order valence-corrected chi connectivity index (χ4v) is 3.47. The van der Waals surface area contributed by atoms with Gasteiger partial charge < -0.3 is 0 Å². The van der Waals surface area contributed by atoms with Gasteiger partial charge in [0, 0.05) is 11.4 Å². The van der Waals surface area contributed by atoms with Crippen LogP contribution in [0, 0.1) is 23.4 Å². The van der Waals surface area contributed by atoms with Crippen molar-refractivity contribution >= 4 is 24.4 Å². The molecule has 0 radical (unpaired) electrons. The van der Waals surface area contributed by atoms with Crippen molar-refractivity contribution in [3.8, 4) is 11.4 Å². The van der Waals surface area contributed by atoms with Crippen molar-refractivity contribution in [1.82, 2.24) is 29.5 Å². The average Bonchev–Trinajstić information content (AvgIpc) is 3.20. The standard InChI is InChI=1S/C19H18N6S2/c1-12-3-7-14(8-4-12)24-16(20-22-18(24)26)11-17-21-23-19(27)25(17)15-9-5-13(2)6-10-15/h3-10H,11H2,1-2H3,(H,22,26)(H,23,27). The first kappa shape index (κ1) is 17.6. The van der Waals surface area contributed by atoms with Gasteiger partial charge >= 0.3 is 0 Å². The molecule has 0 unspecified atom stereocenters. The Balaban J connectivity index is 1.77. The zero-order valence-electron chi connectivity index (χ0n) is 14.9. The minimum atomic E-state index is 0.474. The van der Waals surface area contributed by atoms with Gasteiger partial charge in [0.1, 0.15) is 11.6 Å². The number of H-pyrrole nitrogens is 2. The van der Waals surface area contributed by atoms with E-state index < -0.39 is 0 Å². The maximum absolute atomic E-state index is 5.44. The smallest absolute Gasteiger partial charge is 0.199 e. The third-order valence-electron chi connectivity index (χ3n) is 4.38. The molecule has 0 aliphatic carbocycles. The number of hydrogen-bond acceptors (Lipinski definition) is 4. The Morgan fingerprint density at radius 2 is 1.07 bits per heavy atom. The van der Waals surface area contributed by atoms with Gasteiger partial charge in [-0.15, -0.1) is 0 Å². The predicted octanol–water partition coefficient (Wildman–Crippen LogP) is 4.38. The first-order valence-electron chi connectivity index (χ1n) is 8.49. The van der Waals surface area contributed by atoms with Crippen LogP contribution < -0.4 is 0 Å². The molecule has 2 aromatic heterocycles. The van der Waals surface area contributed by atoms with Crippen molar-refractivity contribution in [2.24, 2.45) is 0 Å². The van der Waals surface area contributed by atoms with Crippen molar-refractivity contribution in [3.05, 3.63) is 80.8 Å². The molecular formula is C19H18N6S2. The summed E-state index contributed by atoms with van der Waals surface area (Å²) in [7, 11) is 0. The van der Waals surface area contributed by atoms with E-state index >= 15 is 0 Å². The fourth-order valence-electron chi connectivity index (χ4n) is 2.96. The van der Waals surface area contributed by atoms with E-state index in [0.717, 1.165) is 23.0 Å². The first-order valence-corrected chi connectivity index (χ1v) is 9.31. The van der Waals surface area contributed by atoms with Crippen LogP contribution in [0.2, 0.25) is 0 Å². The van der Waals surface area contributed by atoms with Crippen molar-refractivity contribution in [1.29, 1.82) is 0 Å². The van der Waals surface area contributed by atoms with Crippen molar-refractivity contribution in [2.45, 2.75) is 20.3 Å². The molecule has 136 valence electrons. The van der Waals surface area contributed by atoms with Crippen LogP contribution in [-0.2, 0) is 6.42 Å². The van der Waals surface area contributed by atoms with Crippen molar-refractivity contribution in [3.63, 3.8) is 0 Å². The Hall–Kier alpha value is -2.84. The minimum Gasteiger partial charge on any atom is -0.272 e. The number of aromatic amines is 2. The van der Waals surface area contributed by atoms with Crippen LogP contribution in [0.1, 0.15) is 22.8 Å². The Kier molecular flexibility index (Phi) is 4.59. The summed E-state index contributed by atoms with van der Waals surface area (Å²) in [6.07, 6.45) is 0.474. The molecule has 0 spiro atoms. The van der Waals surface area contributed by atoms with E-state index in [4.69, 9.17) is 24.4 Å². The summed E-state index contributed by atoms with van der Waals surface area (Å²) >= 11 is 10.9. The van der Waals surface area contributed by atoms with Gasteiger partial charge in [-0.1, -0.05) is 35.4 Å². The molecule has 4 rings (SSSR count). The number of hydrogen-bond donors (Lipinski definition) is 2. The van der Waals surface area contributed by atoms with E-state index in [1.807, 2.05) is 33.4 Å². The number of nitrogens with one attached hydrogen (secondary N) is 2. The highest BCUT2D eigenvalue weighted by Crippen LogP contribution is 2.17. The molecular weight excluding hydrogens is 376 g/mol. The highest BCUT2D eigenvalue weighted by atomic mass is 32.1. The molecule has 0 aliphatic rings. The number of aryl methyl sites for hydroxylation is 2. The fraction of sp³-hybridized carbons (Fsp3) is 0.158. The molecule has 0 saturated carbocycles. The lowest BCUT2D eigenvalue weighted by Crippen LogP contribution is -2.08. The number of aromatic nitrogens is 6. The molecule has 0 bridgehead atoms. The summed E-state index contributed by atoms with van der Waals surface area (Å²) in [6, 6.07) is 16.3. The predicted molar refractivity (Wildman–Crippen MR) is 110 cm³/mol. The largest absolute Gasteiger partial charge is 0.272 e. The van der Waals surface area contributed by atoms with E-state index in [0.29, 0.717) is 16.0 Å². The maximum Gasteiger partial charge on any atom is 0.199 e. The Morgan fingerprint density at radius 1 is 0.704 bits per heavy atom. The topological polar surface area (TPSA) is 67.2 Å². The number of benzene rings is 2. The van der Waals surface area contributed by atoms with Gasteiger partial charge in [0.2, 0.25) is 0 Å². The average molecular weight is 395 g/mol. The van der Waals surface area contributed by atoms with Gasteiger partial charge in [0.05, 0.1) is 6.42 Å². The van der Waals surface area contributed by atoms with Crippen LogP contribution in [0.15, 0.2) is 48.5 Å². The highest BCUT2D eigenvalue weighted by Gasteiger charge is 2.15. The zero-order valence-corrected chi connectivity index (χ0v) is 16.6. The van der Waals surface area contributed by atoms with Gasteiger partial charge in [-0.3, -0.25) is 19.3 Å². The quantitative estimate of drug-likeness (QED) is 0.504. The molecule has 0 amide bonds. The van der Waals surface area contributed by atoms with Crippen LogP contribution in [-0.4, -0.2) is 29.5 Å². The molecule has 2 aromatic carbocycles. The van der Waals surface area contributed by atoms with E-state index in [-0.39, 0.29) is 0 Å². The lowest BCUT2D eigenvalue weighted by molar-refractivity contribution is 0.822. The van der Waals surface area contributed by atoms with Crippen LogP contribution >= 0.6 is 24.4 Å². The summed E-state index contributed by atoms with van der Waals surface area (Å²) in [5, 5.41) is 14.6. The Labute approximate surface area is 166 Å². The molecule has 6 nitrogen and oxygen atoms in total. The zero-order chi connectivity index (χ0) is 19.0. The molecule has 0 aliphatic heterocycles. The third kappa shape index (κ3) is 3.41. The van der Waals surface area contributed by atoms with Gasteiger partial charge in [-0.25, -0.2) is 0 Å². The van der Waals surface area contributed by atoms with E-state index in [9.17, 15) is 0 Å². The van der Waals surface area contributed by atoms with Crippen LogP contribution in [0.3, 0.4) is 0 Å². The highest BCUT2D eigenvalue weighted by molar-refractivity contribution is 7.71. The Morgan fingerprint density at radius 3 is 1.44 bits per heavy atom. The first-order chi connectivity index (χ1) is 13.0. The summed E-state index contributed by atoms with van der Waals surface area (Å²) in [6.45, 7) is 4.11. The molecule has 2 N–H and O–H groups in total. The summed E-state index contributed by atoms with van der Waals surface area (Å²) in [4.78, 5) is 0. The van der Waals surface area contributed by atoms with E-state index in [1.165, 1.54) is 11.1 Å². The van der Waals surface area contributed by atoms with Crippen molar-refractivity contribution < 1.29 is 0 Å². The lowest BCUT2D eigenvalue weighted by Gasteiger charge is -2.09. The van der Waals surface area contributed by atoms with Gasteiger partial charge in [-0.05, 0) is 62.5 Å². The minimum absolute atomic E-state index is 0.474. The number of rotatable bonds is 4. The Bertz CT molecular complexity index is 1100. The third-order valence-corrected chi connectivity index (χ3v) is 4.93. The SMILES string of the molecule is Cc1ccc(-n2c(Cc3n[nH]c(=S)n3-c3ccc(C)cc3)n[nH]c2=S)cc1. The van der Waals surface area contributed by atoms with Crippen LogP contribution in [0.5, 0.6) is 0 Å². The molecule has 0 fully saturated rings. The van der Waals surface area contributed by atoms with E-state index in [2.05, 4.69) is 58.5 Å².